The van der Waals surface area contributed by atoms with Gasteiger partial charge >= 0.3 is 0 Å². The number of carbonyl (C=O) groups excluding carboxylic acids is 2. The zero-order valence-electron chi connectivity index (χ0n) is 12.2. The molecule has 8 heteroatoms. The molecule has 7 nitrogen and oxygen atoms in total. The van der Waals surface area contributed by atoms with Gasteiger partial charge in [0.25, 0.3) is 11.8 Å². The number of hydrogen-bond acceptors (Lipinski definition) is 3. The Balaban J connectivity index is 1.67. The number of aromatic nitrogens is 3. The predicted molar refractivity (Wildman–Crippen MR) is 88.5 cm³/mol. The van der Waals surface area contributed by atoms with Gasteiger partial charge in [-0.2, -0.15) is 0 Å². The summed E-state index contributed by atoms with van der Waals surface area (Å²) in [5.74, 6) is -0.765. The van der Waals surface area contributed by atoms with Crippen molar-refractivity contribution >= 4 is 38.8 Å². The first-order chi connectivity index (χ1) is 11.1. The van der Waals surface area contributed by atoms with Gasteiger partial charge in [-0.3, -0.25) is 20.4 Å². The van der Waals surface area contributed by atoms with Crippen LogP contribution in [0.15, 0.2) is 47.3 Å². The van der Waals surface area contributed by atoms with Crippen molar-refractivity contribution in [3.05, 3.63) is 53.0 Å². The Morgan fingerprint density at radius 3 is 2.83 bits per heavy atom. The second-order valence-electron chi connectivity index (χ2n) is 4.99. The van der Waals surface area contributed by atoms with E-state index < -0.39 is 11.9 Å². The van der Waals surface area contributed by atoms with Crippen molar-refractivity contribution in [1.82, 2.24) is 25.4 Å². The van der Waals surface area contributed by atoms with Crippen molar-refractivity contribution in [2.24, 2.45) is 0 Å². The predicted octanol–water partition coefficient (Wildman–Crippen LogP) is 2.15. The average molecular weight is 376 g/mol. The summed E-state index contributed by atoms with van der Waals surface area (Å²) in [4.78, 5) is 31.2. The van der Waals surface area contributed by atoms with Crippen molar-refractivity contribution in [2.75, 3.05) is 0 Å². The molecule has 1 unspecified atom stereocenters. The third kappa shape index (κ3) is 3.11. The second-order valence-corrected chi connectivity index (χ2v) is 5.91. The highest BCUT2D eigenvalue weighted by atomic mass is 79.9. The van der Waals surface area contributed by atoms with E-state index in [0.717, 1.165) is 15.5 Å². The summed E-state index contributed by atoms with van der Waals surface area (Å²) in [5.41, 5.74) is 6.81. The number of imidazole rings is 1. The molecule has 0 aliphatic carbocycles. The SMILES string of the molecule is CC(C(=O)NNC(=O)c1cc(Br)c[nH]1)n1cnc2ccccc21. The van der Waals surface area contributed by atoms with Gasteiger partial charge in [-0.25, -0.2) is 4.98 Å². The summed E-state index contributed by atoms with van der Waals surface area (Å²) in [6.07, 6.45) is 3.25. The second kappa shape index (κ2) is 6.25. The lowest BCUT2D eigenvalue weighted by Crippen LogP contribution is -2.44. The molecule has 2 aromatic heterocycles. The number of rotatable bonds is 3. The van der Waals surface area contributed by atoms with Crippen molar-refractivity contribution in [2.45, 2.75) is 13.0 Å². The summed E-state index contributed by atoms with van der Waals surface area (Å²) in [7, 11) is 0. The van der Waals surface area contributed by atoms with E-state index in [-0.39, 0.29) is 5.91 Å². The minimum Gasteiger partial charge on any atom is -0.356 e. The van der Waals surface area contributed by atoms with Gasteiger partial charge in [0.05, 0.1) is 17.4 Å². The van der Waals surface area contributed by atoms with Crippen LogP contribution in [0.5, 0.6) is 0 Å². The summed E-state index contributed by atoms with van der Waals surface area (Å²) in [5, 5.41) is 0. The van der Waals surface area contributed by atoms with Crippen LogP contribution in [0.3, 0.4) is 0 Å². The van der Waals surface area contributed by atoms with E-state index in [0.29, 0.717) is 5.69 Å². The molecule has 3 aromatic rings. The third-order valence-electron chi connectivity index (χ3n) is 3.47. The normalized spacial score (nSPS) is 12.1. The highest BCUT2D eigenvalue weighted by Crippen LogP contribution is 2.17. The maximum absolute atomic E-state index is 12.2. The molecule has 0 aliphatic heterocycles. The number of amides is 2. The van der Waals surface area contributed by atoms with Gasteiger partial charge in [0.15, 0.2) is 0 Å². The van der Waals surface area contributed by atoms with Crippen molar-refractivity contribution < 1.29 is 9.59 Å². The number of halogens is 1. The monoisotopic (exact) mass is 375 g/mol. The number of para-hydroxylation sites is 2. The fourth-order valence-corrected chi connectivity index (χ4v) is 2.55. The van der Waals surface area contributed by atoms with Gasteiger partial charge in [0.1, 0.15) is 11.7 Å². The molecule has 0 fully saturated rings. The Morgan fingerprint density at radius 1 is 1.30 bits per heavy atom. The van der Waals surface area contributed by atoms with E-state index in [1.54, 1.807) is 30.1 Å². The maximum atomic E-state index is 12.2. The molecule has 1 aromatic carbocycles. The van der Waals surface area contributed by atoms with Crippen LogP contribution >= 0.6 is 15.9 Å². The zero-order valence-corrected chi connectivity index (χ0v) is 13.8. The van der Waals surface area contributed by atoms with Gasteiger partial charge in [-0.15, -0.1) is 0 Å². The molecule has 0 saturated heterocycles. The molecule has 0 spiro atoms. The molecule has 0 bridgehead atoms. The number of nitrogens with one attached hydrogen (secondary N) is 3. The molecular weight excluding hydrogens is 362 g/mol. The Bertz CT molecular complexity index is 870. The number of hydrogen-bond donors (Lipinski definition) is 3. The van der Waals surface area contributed by atoms with Crippen LogP contribution in [-0.4, -0.2) is 26.3 Å². The molecule has 0 saturated carbocycles. The summed E-state index contributed by atoms with van der Waals surface area (Å²) in [6.45, 7) is 1.74. The number of H-pyrrole nitrogens is 1. The van der Waals surface area contributed by atoms with Gasteiger partial charge in [0, 0.05) is 10.7 Å². The van der Waals surface area contributed by atoms with Gasteiger partial charge < -0.3 is 9.55 Å². The van der Waals surface area contributed by atoms with Crippen molar-refractivity contribution in [3.63, 3.8) is 0 Å². The van der Waals surface area contributed by atoms with Crippen LogP contribution in [0, 0.1) is 0 Å². The van der Waals surface area contributed by atoms with Gasteiger partial charge in [0.2, 0.25) is 0 Å². The van der Waals surface area contributed by atoms with E-state index in [1.165, 1.54) is 0 Å². The Hall–Kier alpha value is -2.61. The van der Waals surface area contributed by atoms with Gasteiger partial charge in [-0.05, 0) is 41.1 Å². The van der Waals surface area contributed by atoms with Crippen LogP contribution in [-0.2, 0) is 4.79 Å². The van der Waals surface area contributed by atoms with E-state index in [9.17, 15) is 9.59 Å². The molecule has 2 amide bonds. The minimum absolute atomic E-state index is 0.341. The van der Waals surface area contributed by atoms with Crippen LogP contribution in [0.4, 0.5) is 0 Å². The van der Waals surface area contributed by atoms with Crippen LogP contribution in [0.2, 0.25) is 0 Å². The fraction of sp³-hybridized carbons (Fsp3) is 0.133. The average Bonchev–Trinajstić information content (AvgIpc) is 3.17. The van der Waals surface area contributed by atoms with E-state index in [2.05, 4.69) is 36.7 Å². The molecule has 2 heterocycles. The third-order valence-corrected chi connectivity index (χ3v) is 3.93. The Labute approximate surface area is 140 Å². The number of nitrogens with zero attached hydrogens (tertiary/aromatic N) is 2. The highest BCUT2D eigenvalue weighted by Gasteiger charge is 2.18. The van der Waals surface area contributed by atoms with Crippen LogP contribution < -0.4 is 10.9 Å². The lowest BCUT2D eigenvalue weighted by molar-refractivity contribution is -0.124. The fourth-order valence-electron chi connectivity index (χ4n) is 2.20. The summed E-state index contributed by atoms with van der Waals surface area (Å²) in [6, 6.07) is 8.64. The van der Waals surface area contributed by atoms with E-state index in [4.69, 9.17) is 0 Å². The first-order valence-electron chi connectivity index (χ1n) is 6.92. The molecule has 1 atom stereocenters. The molecule has 3 rings (SSSR count). The number of aromatic amines is 1. The van der Waals surface area contributed by atoms with Crippen molar-refractivity contribution in [1.29, 1.82) is 0 Å². The Kier molecular flexibility index (Phi) is 4.16. The maximum Gasteiger partial charge on any atom is 0.286 e. The number of fused-ring (bicyclic) bond motifs is 1. The van der Waals surface area contributed by atoms with Crippen molar-refractivity contribution in [3.8, 4) is 0 Å². The first-order valence-corrected chi connectivity index (χ1v) is 7.71. The van der Waals surface area contributed by atoms with E-state index >= 15 is 0 Å². The smallest absolute Gasteiger partial charge is 0.286 e. The van der Waals surface area contributed by atoms with Crippen LogP contribution in [0.1, 0.15) is 23.5 Å². The first kappa shape index (κ1) is 15.3. The zero-order chi connectivity index (χ0) is 16.4. The standard InChI is InChI=1S/C15H14BrN5O2/c1-9(21-8-18-11-4-2-3-5-13(11)21)14(22)19-20-15(23)12-6-10(16)7-17-12/h2-9,17H,1H3,(H,19,22)(H,20,23). The molecule has 23 heavy (non-hydrogen) atoms. The molecule has 0 radical (unpaired) electrons. The minimum atomic E-state index is -0.516. The number of hydrazine groups is 1. The summed E-state index contributed by atoms with van der Waals surface area (Å²) < 4.78 is 2.51. The molecular formula is C15H14BrN5O2. The van der Waals surface area contributed by atoms with Crippen LogP contribution in [0.25, 0.3) is 11.0 Å². The quantitative estimate of drug-likeness (QED) is 0.612. The lowest BCUT2D eigenvalue weighted by Gasteiger charge is -2.14. The largest absolute Gasteiger partial charge is 0.356 e. The highest BCUT2D eigenvalue weighted by molar-refractivity contribution is 9.10. The lowest BCUT2D eigenvalue weighted by atomic mass is 10.2. The van der Waals surface area contributed by atoms with Gasteiger partial charge in [-0.1, -0.05) is 12.1 Å². The Morgan fingerprint density at radius 2 is 2.09 bits per heavy atom. The summed E-state index contributed by atoms with van der Waals surface area (Å²) >= 11 is 3.24. The topological polar surface area (TPSA) is 91.8 Å². The molecule has 0 aliphatic rings. The number of carbonyl (C=O) groups is 2. The number of benzene rings is 1. The molecule has 118 valence electrons. The molecule has 3 N–H and O–H groups in total. The van der Waals surface area contributed by atoms with E-state index in [1.807, 2.05) is 24.3 Å².